The second kappa shape index (κ2) is 9.29. The van der Waals surface area contributed by atoms with Gasteiger partial charge in [0.05, 0.1) is 12.5 Å². The predicted octanol–water partition coefficient (Wildman–Crippen LogP) is 4.22. The fraction of sp³-hybridized carbons (Fsp3) is 0.889. The molecule has 0 atom stereocenters. The molecule has 0 radical (unpaired) electrons. The Labute approximate surface area is 133 Å². The maximum atomic E-state index is 12.5. The van der Waals surface area contributed by atoms with E-state index in [1.165, 1.54) is 19.3 Å². The highest BCUT2D eigenvalue weighted by molar-refractivity contribution is 5.84. The van der Waals surface area contributed by atoms with Crippen molar-refractivity contribution in [1.82, 2.24) is 0 Å². The first-order valence-electron chi connectivity index (χ1n) is 9.09. The molecule has 0 aromatic heterocycles. The number of rotatable bonds is 7. The lowest BCUT2D eigenvalue weighted by Crippen LogP contribution is -2.31. The average molecular weight is 310 g/mol. The summed E-state index contributed by atoms with van der Waals surface area (Å²) in [5, 5.41) is 0. The van der Waals surface area contributed by atoms with E-state index in [-0.39, 0.29) is 17.8 Å². The minimum absolute atomic E-state index is 0.0861. The predicted molar refractivity (Wildman–Crippen MR) is 84.0 cm³/mol. The highest BCUT2D eigenvalue weighted by atomic mass is 17.2. The molecule has 4 nitrogen and oxygen atoms in total. The lowest BCUT2D eigenvalue weighted by Gasteiger charge is -2.30. The van der Waals surface area contributed by atoms with Crippen LogP contribution in [0.25, 0.3) is 0 Å². The van der Waals surface area contributed by atoms with Gasteiger partial charge in [-0.05, 0) is 44.9 Å². The summed E-state index contributed by atoms with van der Waals surface area (Å²) in [6, 6.07) is 0. The van der Waals surface area contributed by atoms with Gasteiger partial charge in [0, 0.05) is 11.8 Å². The fourth-order valence-corrected chi connectivity index (χ4v) is 3.71. The number of Topliss-reactive ketones (excluding diaryl/α,β-unsaturated/α-hetero) is 1. The highest BCUT2D eigenvalue weighted by Crippen LogP contribution is 2.35. The summed E-state index contributed by atoms with van der Waals surface area (Å²) < 4.78 is 0. The number of unbranched alkanes of at least 4 members (excludes halogenated alkanes) is 1. The van der Waals surface area contributed by atoms with Crippen LogP contribution in [0.5, 0.6) is 0 Å². The Hall–Kier alpha value is -0.900. The Balaban J connectivity index is 1.68. The molecule has 2 aliphatic rings. The van der Waals surface area contributed by atoms with E-state index < -0.39 is 0 Å². The summed E-state index contributed by atoms with van der Waals surface area (Å²) in [6.07, 6.45) is 11.0. The molecule has 0 heterocycles. The van der Waals surface area contributed by atoms with E-state index in [4.69, 9.17) is 9.78 Å². The number of carbonyl (C=O) groups is 2. The molecule has 0 bridgehead atoms. The maximum Gasteiger partial charge on any atom is 0.345 e. The smallest absolute Gasteiger partial charge is 0.299 e. The van der Waals surface area contributed by atoms with Crippen molar-refractivity contribution in [3.63, 3.8) is 0 Å². The Morgan fingerprint density at radius 1 is 0.864 bits per heavy atom. The van der Waals surface area contributed by atoms with Crippen molar-refractivity contribution in [3.05, 3.63) is 0 Å². The zero-order chi connectivity index (χ0) is 15.8. The average Bonchev–Trinajstić information content (AvgIpc) is 2.59. The maximum absolute atomic E-state index is 12.5. The molecule has 0 amide bonds. The monoisotopic (exact) mass is 310 g/mol. The molecule has 0 unspecified atom stereocenters. The van der Waals surface area contributed by atoms with Crippen molar-refractivity contribution in [2.24, 2.45) is 17.8 Å². The van der Waals surface area contributed by atoms with Gasteiger partial charge in [0.15, 0.2) is 0 Å². The highest BCUT2D eigenvalue weighted by Gasteiger charge is 2.34. The minimum Gasteiger partial charge on any atom is -0.299 e. The van der Waals surface area contributed by atoms with Crippen LogP contribution in [0.3, 0.4) is 0 Å². The quantitative estimate of drug-likeness (QED) is 0.401. The summed E-state index contributed by atoms with van der Waals surface area (Å²) >= 11 is 0. The molecule has 2 aliphatic carbocycles. The Bertz CT molecular complexity index is 352. The van der Waals surface area contributed by atoms with E-state index in [0.717, 1.165) is 51.4 Å². The lowest BCUT2D eigenvalue weighted by atomic mass is 9.74. The molecule has 2 fully saturated rings. The SMILES string of the molecule is CCCCOOC(=O)C1CCC(C(=O)C2CCCCC2)CC1. The molecule has 2 saturated carbocycles. The Kier molecular flexibility index (Phi) is 7.37. The van der Waals surface area contributed by atoms with Crippen molar-refractivity contribution in [2.45, 2.75) is 77.6 Å². The third-order valence-electron chi connectivity index (χ3n) is 5.19. The van der Waals surface area contributed by atoms with Crippen LogP contribution in [-0.2, 0) is 19.4 Å². The van der Waals surface area contributed by atoms with Crippen LogP contribution >= 0.6 is 0 Å². The van der Waals surface area contributed by atoms with E-state index in [2.05, 4.69) is 6.92 Å². The summed E-state index contributed by atoms with van der Waals surface area (Å²) in [5.41, 5.74) is 0. The first-order chi connectivity index (χ1) is 10.7. The lowest BCUT2D eigenvalue weighted by molar-refractivity contribution is -0.277. The van der Waals surface area contributed by atoms with Crippen molar-refractivity contribution in [1.29, 1.82) is 0 Å². The second-order valence-corrected chi connectivity index (χ2v) is 6.86. The number of hydrogen-bond acceptors (Lipinski definition) is 4. The second-order valence-electron chi connectivity index (χ2n) is 6.86. The topological polar surface area (TPSA) is 52.6 Å². The molecule has 0 aliphatic heterocycles. The van der Waals surface area contributed by atoms with Gasteiger partial charge in [0.1, 0.15) is 5.78 Å². The summed E-state index contributed by atoms with van der Waals surface area (Å²) in [5.74, 6) is 0.593. The Morgan fingerprint density at radius 3 is 2.09 bits per heavy atom. The van der Waals surface area contributed by atoms with Gasteiger partial charge in [-0.15, -0.1) is 0 Å². The summed E-state index contributed by atoms with van der Waals surface area (Å²) in [7, 11) is 0. The van der Waals surface area contributed by atoms with Gasteiger partial charge in [0.2, 0.25) is 0 Å². The van der Waals surface area contributed by atoms with Gasteiger partial charge in [-0.3, -0.25) is 9.68 Å². The van der Waals surface area contributed by atoms with Gasteiger partial charge >= 0.3 is 5.97 Å². The molecule has 126 valence electrons. The van der Waals surface area contributed by atoms with Crippen LogP contribution < -0.4 is 0 Å². The summed E-state index contributed by atoms with van der Waals surface area (Å²) in [4.78, 5) is 34.3. The van der Waals surface area contributed by atoms with Gasteiger partial charge in [-0.1, -0.05) is 32.6 Å². The van der Waals surface area contributed by atoms with E-state index in [1.807, 2.05) is 0 Å². The number of ketones is 1. The number of hydrogen-bond donors (Lipinski definition) is 0. The molecule has 0 saturated heterocycles. The van der Waals surface area contributed by atoms with Gasteiger partial charge < -0.3 is 0 Å². The van der Waals surface area contributed by atoms with Crippen molar-refractivity contribution < 1.29 is 19.4 Å². The van der Waals surface area contributed by atoms with E-state index >= 15 is 0 Å². The third kappa shape index (κ3) is 5.08. The molecule has 0 aromatic carbocycles. The zero-order valence-electron chi connectivity index (χ0n) is 13.9. The Morgan fingerprint density at radius 2 is 1.45 bits per heavy atom. The van der Waals surface area contributed by atoms with Crippen molar-refractivity contribution in [2.75, 3.05) is 6.61 Å². The molecule has 0 aromatic rings. The van der Waals surface area contributed by atoms with E-state index in [9.17, 15) is 9.59 Å². The van der Waals surface area contributed by atoms with Gasteiger partial charge in [-0.25, -0.2) is 4.79 Å². The number of carbonyl (C=O) groups excluding carboxylic acids is 2. The molecular weight excluding hydrogens is 280 g/mol. The molecule has 4 heteroatoms. The van der Waals surface area contributed by atoms with Gasteiger partial charge in [-0.2, -0.15) is 4.89 Å². The minimum atomic E-state index is -0.250. The first kappa shape index (κ1) is 17.5. The van der Waals surface area contributed by atoms with E-state index in [1.54, 1.807) is 0 Å². The summed E-state index contributed by atoms with van der Waals surface area (Å²) in [6.45, 7) is 2.54. The zero-order valence-corrected chi connectivity index (χ0v) is 13.9. The van der Waals surface area contributed by atoms with Crippen LogP contribution in [0.15, 0.2) is 0 Å². The molecular formula is C18H30O4. The first-order valence-corrected chi connectivity index (χ1v) is 9.09. The van der Waals surface area contributed by atoms with Crippen molar-refractivity contribution >= 4 is 11.8 Å². The molecule has 2 rings (SSSR count). The van der Waals surface area contributed by atoms with Crippen LogP contribution in [-0.4, -0.2) is 18.4 Å². The van der Waals surface area contributed by atoms with E-state index in [0.29, 0.717) is 18.3 Å². The fourth-order valence-electron chi connectivity index (χ4n) is 3.71. The molecule has 0 N–H and O–H groups in total. The van der Waals surface area contributed by atoms with Crippen molar-refractivity contribution in [3.8, 4) is 0 Å². The largest absolute Gasteiger partial charge is 0.345 e. The molecule has 22 heavy (non-hydrogen) atoms. The van der Waals surface area contributed by atoms with Crippen LogP contribution in [0.4, 0.5) is 0 Å². The standard InChI is InChI=1S/C18H30O4/c1-2-3-13-21-22-18(20)16-11-9-15(10-12-16)17(19)14-7-5-4-6-8-14/h14-16H,2-13H2,1H3. The van der Waals surface area contributed by atoms with Crippen LogP contribution in [0.2, 0.25) is 0 Å². The van der Waals surface area contributed by atoms with Crippen LogP contribution in [0, 0.1) is 17.8 Å². The normalized spacial score (nSPS) is 26.6. The third-order valence-corrected chi connectivity index (χ3v) is 5.19. The van der Waals surface area contributed by atoms with Gasteiger partial charge in [0.25, 0.3) is 0 Å². The van der Waals surface area contributed by atoms with Crippen LogP contribution in [0.1, 0.15) is 77.6 Å². The molecule has 0 spiro atoms.